The molecule has 156 valence electrons. The fraction of sp³-hybridized carbons (Fsp3) is 0.941. The monoisotopic (exact) mass is 494 g/mol. The topological polar surface area (TPSA) is 48.9 Å². The maximum atomic E-state index is 12.3. The van der Waals surface area contributed by atoms with Crippen LogP contribution in [0.2, 0.25) is 0 Å². The number of nitrogens with zero attached hydrogens (tertiary/aromatic N) is 2. The fourth-order valence-corrected chi connectivity index (χ4v) is 3.39. The predicted molar refractivity (Wildman–Crippen MR) is 110 cm³/mol. The van der Waals surface area contributed by atoms with E-state index < -0.39 is 12.7 Å². The van der Waals surface area contributed by atoms with Crippen LogP contribution in [-0.4, -0.2) is 71.0 Å². The number of hydrogen-bond acceptors (Lipinski definition) is 3. The number of ether oxygens (including phenoxy) is 1. The Hall–Kier alpha value is -0.290. The van der Waals surface area contributed by atoms with Gasteiger partial charge in [0.1, 0.15) is 0 Å². The first kappa shape index (κ1) is 25.7. The van der Waals surface area contributed by atoms with Crippen LogP contribution in [-0.2, 0) is 4.74 Å². The van der Waals surface area contributed by atoms with Crippen LogP contribution in [0.1, 0.15) is 38.5 Å². The first-order valence-corrected chi connectivity index (χ1v) is 8.99. The average Bonchev–Trinajstić information content (AvgIpc) is 3.00. The highest BCUT2D eigenvalue weighted by Gasteiger charge is 2.33. The van der Waals surface area contributed by atoms with E-state index in [4.69, 9.17) is 4.74 Å². The quantitative estimate of drug-likeness (QED) is 0.212. The molecule has 0 aromatic heterocycles. The van der Waals surface area contributed by atoms with Crippen LogP contribution in [0.15, 0.2) is 4.99 Å². The minimum Gasteiger partial charge on any atom is -0.385 e. The Morgan fingerprint density at radius 3 is 2.42 bits per heavy atom. The summed E-state index contributed by atoms with van der Waals surface area (Å²) in [7, 11) is 4.92. The third-order valence-corrected chi connectivity index (χ3v) is 4.81. The van der Waals surface area contributed by atoms with Gasteiger partial charge >= 0.3 is 6.18 Å². The van der Waals surface area contributed by atoms with E-state index in [2.05, 4.69) is 15.6 Å². The molecule has 0 saturated heterocycles. The normalized spacial score (nSPS) is 17.3. The third-order valence-electron chi connectivity index (χ3n) is 4.81. The molecule has 1 aliphatic rings. The van der Waals surface area contributed by atoms with Crippen LogP contribution < -0.4 is 10.6 Å². The van der Waals surface area contributed by atoms with Crippen molar-refractivity contribution in [2.24, 2.45) is 10.4 Å². The molecule has 0 aromatic rings. The molecule has 5 nitrogen and oxygen atoms in total. The van der Waals surface area contributed by atoms with Crippen molar-refractivity contribution in [2.75, 3.05) is 54.0 Å². The lowest BCUT2D eigenvalue weighted by Gasteiger charge is -2.30. The summed E-state index contributed by atoms with van der Waals surface area (Å²) >= 11 is 0. The molecular formula is C17H34F3IN4O. The van der Waals surface area contributed by atoms with Gasteiger partial charge in [-0.1, -0.05) is 12.8 Å². The number of alkyl halides is 3. The van der Waals surface area contributed by atoms with Gasteiger partial charge in [0.05, 0.1) is 6.54 Å². The zero-order valence-corrected chi connectivity index (χ0v) is 18.5. The molecule has 1 aliphatic carbocycles. The van der Waals surface area contributed by atoms with E-state index >= 15 is 0 Å². The van der Waals surface area contributed by atoms with Crippen molar-refractivity contribution >= 4 is 29.9 Å². The van der Waals surface area contributed by atoms with Crippen molar-refractivity contribution < 1.29 is 17.9 Å². The summed E-state index contributed by atoms with van der Waals surface area (Å²) in [5.41, 5.74) is 0.264. The highest BCUT2D eigenvalue weighted by molar-refractivity contribution is 14.0. The first-order valence-electron chi connectivity index (χ1n) is 8.99. The van der Waals surface area contributed by atoms with E-state index in [1.807, 2.05) is 0 Å². The number of halogens is 4. The zero-order chi connectivity index (χ0) is 18.8. The molecule has 0 aromatic carbocycles. The van der Waals surface area contributed by atoms with E-state index in [0.717, 1.165) is 19.6 Å². The molecule has 0 aliphatic heterocycles. The van der Waals surface area contributed by atoms with E-state index in [1.165, 1.54) is 37.6 Å². The molecule has 9 heteroatoms. The van der Waals surface area contributed by atoms with Gasteiger partial charge in [-0.05, 0) is 44.7 Å². The number of methoxy groups -OCH3 is 1. The predicted octanol–water partition coefficient (Wildman–Crippen LogP) is 3.25. The summed E-state index contributed by atoms with van der Waals surface area (Å²) in [6.45, 7) is 1.72. The molecule has 0 amide bonds. The second-order valence-corrected chi connectivity index (χ2v) is 7.01. The van der Waals surface area contributed by atoms with Crippen LogP contribution in [0.3, 0.4) is 0 Å². The molecule has 0 unspecified atom stereocenters. The summed E-state index contributed by atoms with van der Waals surface area (Å²) < 4.78 is 42.1. The second kappa shape index (κ2) is 13.0. The Morgan fingerprint density at radius 2 is 1.88 bits per heavy atom. The largest absolute Gasteiger partial charge is 0.401 e. The van der Waals surface area contributed by atoms with Crippen LogP contribution in [0, 0.1) is 5.41 Å². The fourth-order valence-electron chi connectivity index (χ4n) is 3.39. The Bertz CT molecular complexity index is 402. The van der Waals surface area contributed by atoms with Gasteiger partial charge in [-0.15, -0.1) is 24.0 Å². The van der Waals surface area contributed by atoms with Gasteiger partial charge < -0.3 is 15.4 Å². The molecule has 2 N–H and O–H groups in total. The van der Waals surface area contributed by atoms with Crippen molar-refractivity contribution in [3.63, 3.8) is 0 Å². The summed E-state index contributed by atoms with van der Waals surface area (Å²) in [6, 6.07) is 0. The minimum absolute atomic E-state index is 0. The summed E-state index contributed by atoms with van der Waals surface area (Å²) in [5.74, 6) is 0.710. The van der Waals surface area contributed by atoms with Crippen molar-refractivity contribution in [3.8, 4) is 0 Å². The van der Waals surface area contributed by atoms with E-state index in [1.54, 1.807) is 14.2 Å². The van der Waals surface area contributed by atoms with Gasteiger partial charge in [0.2, 0.25) is 0 Å². The maximum absolute atomic E-state index is 12.3. The molecule has 0 bridgehead atoms. The summed E-state index contributed by atoms with van der Waals surface area (Å²) in [6.07, 6.45) is 2.42. The number of guanidine groups is 1. The molecule has 1 fully saturated rings. The standard InChI is InChI=1S/C17H33F3N4O.HI/c1-21-15(22-10-6-11-24(2)14-17(18,19)20)23-13-16(9-12-25-3)7-4-5-8-16;/h4-14H2,1-3H3,(H2,21,22,23);1H. The Labute approximate surface area is 172 Å². The van der Waals surface area contributed by atoms with Crippen LogP contribution in [0.5, 0.6) is 0 Å². The Morgan fingerprint density at radius 1 is 1.23 bits per heavy atom. The molecule has 1 saturated carbocycles. The highest BCUT2D eigenvalue weighted by Crippen LogP contribution is 2.40. The molecule has 1 rings (SSSR count). The van der Waals surface area contributed by atoms with E-state index in [9.17, 15) is 13.2 Å². The smallest absolute Gasteiger partial charge is 0.385 e. The Kier molecular flexibility index (Phi) is 12.8. The first-order chi connectivity index (χ1) is 11.8. The van der Waals surface area contributed by atoms with Crippen molar-refractivity contribution in [3.05, 3.63) is 0 Å². The summed E-state index contributed by atoms with van der Waals surface area (Å²) in [5, 5.41) is 6.56. The number of rotatable bonds is 10. The van der Waals surface area contributed by atoms with Gasteiger partial charge in [0, 0.05) is 33.9 Å². The van der Waals surface area contributed by atoms with Crippen molar-refractivity contribution in [2.45, 2.75) is 44.7 Å². The summed E-state index contributed by atoms with van der Waals surface area (Å²) in [4.78, 5) is 5.49. The number of nitrogens with one attached hydrogen (secondary N) is 2. The van der Waals surface area contributed by atoms with Gasteiger partial charge in [0.15, 0.2) is 5.96 Å². The molecule has 0 radical (unpaired) electrons. The van der Waals surface area contributed by atoms with E-state index in [-0.39, 0.29) is 29.4 Å². The molecular weight excluding hydrogens is 460 g/mol. The minimum atomic E-state index is -4.14. The zero-order valence-electron chi connectivity index (χ0n) is 16.1. The lowest BCUT2D eigenvalue weighted by atomic mass is 9.83. The van der Waals surface area contributed by atoms with Crippen molar-refractivity contribution in [1.82, 2.24) is 15.5 Å². The maximum Gasteiger partial charge on any atom is 0.401 e. The third kappa shape index (κ3) is 10.8. The lowest BCUT2D eigenvalue weighted by molar-refractivity contribution is -0.143. The highest BCUT2D eigenvalue weighted by atomic mass is 127. The van der Waals surface area contributed by atoms with Gasteiger partial charge in [-0.3, -0.25) is 9.89 Å². The molecule has 0 heterocycles. The lowest BCUT2D eigenvalue weighted by Crippen LogP contribution is -2.44. The van der Waals surface area contributed by atoms with Gasteiger partial charge in [-0.2, -0.15) is 13.2 Å². The van der Waals surface area contributed by atoms with Gasteiger partial charge in [-0.25, -0.2) is 0 Å². The van der Waals surface area contributed by atoms with Crippen LogP contribution in [0.25, 0.3) is 0 Å². The van der Waals surface area contributed by atoms with Gasteiger partial charge in [0.25, 0.3) is 0 Å². The number of hydrogen-bond donors (Lipinski definition) is 2. The van der Waals surface area contributed by atoms with Crippen molar-refractivity contribution in [1.29, 1.82) is 0 Å². The average molecular weight is 494 g/mol. The molecule has 26 heavy (non-hydrogen) atoms. The van der Waals surface area contributed by atoms with Crippen LogP contribution in [0.4, 0.5) is 13.2 Å². The van der Waals surface area contributed by atoms with Crippen LogP contribution >= 0.6 is 24.0 Å². The SMILES string of the molecule is CN=C(NCCCN(C)CC(F)(F)F)NCC1(CCOC)CCCC1.I. The molecule has 0 atom stereocenters. The Balaban J connectivity index is 0.00000625. The second-order valence-electron chi connectivity index (χ2n) is 7.01. The number of aliphatic imine (C=N–C) groups is 1. The molecule has 0 spiro atoms. The van der Waals surface area contributed by atoms with E-state index in [0.29, 0.717) is 25.5 Å².